The molecule has 0 bridgehead atoms. The number of ether oxygens (including phenoxy) is 1. The van der Waals surface area contributed by atoms with Crippen molar-refractivity contribution in [1.29, 1.82) is 5.41 Å². The zero-order chi connectivity index (χ0) is 8.97. The van der Waals surface area contributed by atoms with Gasteiger partial charge in [0, 0.05) is 11.8 Å². The molecule has 0 aliphatic carbocycles. The van der Waals surface area contributed by atoms with Gasteiger partial charge in [-0.1, -0.05) is 11.6 Å². The Morgan fingerprint density at radius 2 is 2.25 bits per heavy atom. The SMILES string of the molecule is CCOc1ccc(C)cc1C=N. The van der Waals surface area contributed by atoms with Crippen LogP contribution in [0.4, 0.5) is 0 Å². The third-order valence-corrected chi connectivity index (χ3v) is 1.62. The van der Waals surface area contributed by atoms with E-state index in [2.05, 4.69) is 0 Å². The van der Waals surface area contributed by atoms with Crippen molar-refractivity contribution in [2.45, 2.75) is 13.8 Å². The van der Waals surface area contributed by atoms with Crippen LogP contribution in [0.3, 0.4) is 0 Å². The van der Waals surface area contributed by atoms with Gasteiger partial charge >= 0.3 is 0 Å². The van der Waals surface area contributed by atoms with Gasteiger partial charge in [0.15, 0.2) is 0 Å². The van der Waals surface area contributed by atoms with Gasteiger partial charge in [0.1, 0.15) is 5.75 Å². The summed E-state index contributed by atoms with van der Waals surface area (Å²) in [5.41, 5.74) is 1.99. The monoisotopic (exact) mass is 163 g/mol. The predicted octanol–water partition coefficient (Wildman–Crippen LogP) is 2.39. The lowest BCUT2D eigenvalue weighted by atomic mass is 10.1. The number of aryl methyl sites for hydroxylation is 1. The van der Waals surface area contributed by atoms with E-state index in [-0.39, 0.29) is 0 Å². The summed E-state index contributed by atoms with van der Waals surface area (Å²) in [6.45, 7) is 4.58. The molecule has 0 spiro atoms. The van der Waals surface area contributed by atoms with Crippen LogP contribution in [0.1, 0.15) is 18.1 Å². The number of hydrogen-bond donors (Lipinski definition) is 1. The fourth-order valence-electron chi connectivity index (χ4n) is 1.07. The van der Waals surface area contributed by atoms with Crippen LogP contribution >= 0.6 is 0 Å². The minimum atomic E-state index is 0.643. The van der Waals surface area contributed by atoms with E-state index in [1.165, 1.54) is 6.21 Å². The molecule has 1 N–H and O–H groups in total. The van der Waals surface area contributed by atoms with Gasteiger partial charge in [-0.15, -0.1) is 0 Å². The fourth-order valence-corrected chi connectivity index (χ4v) is 1.07. The van der Waals surface area contributed by atoms with E-state index in [1.54, 1.807) is 0 Å². The summed E-state index contributed by atoms with van der Waals surface area (Å²) in [4.78, 5) is 0. The highest BCUT2D eigenvalue weighted by atomic mass is 16.5. The highest BCUT2D eigenvalue weighted by Crippen LogP contribution is 2.17. The van der Waals surface area contributed by atoms with Crippen molar-refractivity contribution in [3.05, 3.63) is 29.3 Å². The Balaban J connectivity index is 3.02. The van der Waals surface area contributed by atoms with Crippen molar-refractivity contribution in [3.63, 3.8) is 0 Å². The summed E-state index contributed by atoms with van der Waals surface area (Å²) in [5, 5.41) is 7.15. The molecule has 0 aliphatic rings. The number of rotatable bonds is 3. The molecule has 0 amide bonds. The first-order valence-electron chi connectivity index (χ1n) is 4.02. The molecule has 0 heterocycles. The van der Waals surface area contributed by atoms with E-state index < -0.39 is 0 Å². The van der Waals surface area contributed by atoms with Gasteiger partial charge in [0.05, 0.1) is 6.61 Å². The van der Waals surface area contributed by atoms with Gasteiger partial charge < -0.3 is 10.1 Å². The van der Waals surface area contributed by atoms with E-state index in [1.807, 2.05) is 32.0 Å². The van der Waals surface area contributed by atoms with E-state index >= 15 is 0 Å². The predicted molar refractivity (Wildman–Crippen MR) is 50.2 cm³/mol. The first-order chi connectivity index (χ1) is 5.77. The van der Waals surface area contributed by atoms with Gasteiger partial charge in [0.25, 0.3) is 0 Å². The van der Waals surface area contributed by atoms with Crippen molar-refractivity contribution in [2.75, 3.05) is 6.61 Å². The van der Waals surface area contributed by atoms with E-state index in [0.717, 1.165) is 16.9 Å². The van der Waals surface area contributed by atoms with Gasteiger partial charge in [-0.3, -0.25) is 0 Å². The minimum absolute atomic E-state index is 0.643. The lowest BCUT2D eigenvalue weighted by Gasteiger charge is -2.06. The summed E-state index contributed by atoms with van der Waals surface area (Å²) in [7, 11) is 0. The van der Waals surface area contributed by atoms with Crippen molar-refractivity contribution < 1.29 is 4.74 Å². The van der Waals surface area contributed by atoms with Crippen LogP contribution in [0.5, 0.6) is 5.75 Å². The number of benzene rings is 1. The molecule has 1 aromatic carbocycles. The topological polar surface area (TPSA) is 33.1 Å². The van der Waals surface area contributed by atoms with Crippen LogP contribution in [0, 0.1) is 12.3 Å². The Kier molecular flexibility index (Phi) is 2.86. The molecule has 2 heteroatoms. The van der Waals surface area contributed by atoms with Crippen molar-refractivity contribution >= 4 is 6.21 Å². The zero-order valence-corrected chi connectivity index (χ0v) is 7.42. The molecule has 0 atom stereocenters. The lowest BCUT2D eigenvalue weighted by Crippen LogP contribution is -1.95. The summed E-state index contributed by atoms with van der Waals surface area (Å²) >= 11 is 0. The average molecular weight is 163 g/mol. The number of nitrogens with one attached hydrogen (secondary N) is 1. The maximum atomic E-state index is 7.15. The molecule has 0 saturated carbocycles. The Hall–Kier alpha value is -1.31. The van der Waals surface area contributed by atoms with Crippen LogP contribution in [-0.4, -0.2) is 12.8 Å². The summed E-state index contributed by atoms with van der Waals surface area (Å²) in [5.74, 6) is 0.790. The molecule has 1 aromatic rings. The largest absolute Gasteiger partial charge is 0.493 e. The van der Waals surface area contributed by atoms with Crippen molar-refractivity contribution in [2.24, 2.45) is 0 Å². The van der Waals surface area contributed by atoms with Crippen LogP contribution in [0.25, 0.3) is 0 Å². The Morgan fingerprint density at radius 3 is 2.83 bits per heavy atom. The molecule has 0 aromatic heterocycles. The molecule has 12 heavy (non-hydrogen) atoms. The summed E-state index contributed by atoms with van der Waals surface area (Å²) in [6.07, 6.45) is 1.32. The molecule has 0 saturated heterocycles. The van der Waals surface area contributed by atoms with Gasteiger partial charge in [-0.25, -0.2) is 0 Å². The smallest absolute Gasteiger partial charge is 0.128 e. The van der Waals surface area contributed by atoms with E-state index in [0.29, 0.717) is 6.61 Å². The second-order valence-corrected chi connectivity index (χ2v) is 2.62. The number of hydrogen-bond acceptors (Lipinski definition) is 2. The van der Waals surface area contributed by atoms with Crippen LogP contribution in [0.2, 0.25) is 0 Å². The van der Waals surface area contributed by atoms with Crippen LogP contribution in [0.15, 0.2) is 18.2 Å². The molecule has 2 nitrogen and oxygen atoms in total. The quantitative estimate of drug-likeness (QED) is 0.682. The summed E-state index contributed by atoms with van der Waals surface area (Å²) in [6, 6.07) is 5.83. The Morgan fingerprint density at radius 1 is 1.50 bits per heavy atom. The molecule has 64 valence electrons. The van der Waals surface area contributed by atoms with E-state index in [4.69, 9.17) is 10.1 Å². The second kappa shape index (κ2) is 3.90. The molecular formula is C10H13NO. The average Bonchev–Trinajstić information content (AvgIpc) is 2.08. The molecule has 0 fully saturated rings. The summed E-state index contributed by atoms with van der Waals surface area (Å²) < 4.78 is 5.33. The Bertz CT molecular complexity index is 281. The molecule has 0 unspecified atom stereocenters. The maximum absolute atomic E-state index is 7.15. The van der Waals surface area contributed by atoms with Crippen molar-refractivity contribution in [1.82, 2.24) is 0 Å². The van der Waals surface area contributed by atoms with Gasteiger partial charge in [-0.2, -0.15) is 0 Å². The normalized spacial score (nSPS) is 9.50. The standard InChI is InChI=1S/C10H13NO/c1-3-12-10-5-4-8(2)6-9(10)7-11/h4-7,11H,3H2,1-2H3. The lowest BCUT2D eigenvalue weighted by molar-refractivity contribution is 0.339. The van der Waals surface area contributed by atoms with Crippen LogP contribution < -0.4 is 4.74 Å². The molecular weight excluding hydrogens is 150 g/mol. The fraction of sp³-hybridized carbons (Fsp3) is 0.300. The first-order valence-corrected chi connectivity index (χ1v) is 4.02. The highest BCUT2D eigenvalue weighted by Gasteiger charge is 1.99. The van der Waals surface area contributed by atoms with Gasteiger partial charge in [-0.05, 0) is 26.0 Å². The molecule has 0 radical (unpaired) electrons. The second-order valence-electron chi connectivity index (χ2n) is 2.62. The van der Waals surface area contributed by atoms with Crippen molar-refractivity contribution in [3.8, 4) is 5.75 Å². The Labute approximate surface area is 72.7 Å². The maximum Gasteiger partial charge on any atom is 0.128 e. The highest BCUT2D eigenvalue weighted by molar-refractivity contribution is 5.81. The third kappa shape index (κ3) is 1.84. The third-order valence-electron chi connectivity index (χ3n) is 1.62. The zero-order valence-electron chi connectivity index (χ0n) is 7.42. The molecule has 1 rings (SSSR count). The van der Waals surface area contributed by atoms with Crippen LogP contribution in [-0.2, 0) is 0 Å². The first kappa shape index (κ1) is 8.78. The molecule has 0 aliphatic heterocycles. The van der Waals surface area contributed by atoms with Gasteiger partial charge in [0.2, 0.25) is 0 Å². The van der Waals surface area contributed by atoms with E-state index in [9.17, 15) is 0 Å². The minimum Gasteiger partial charge on any atom is -0.493 e.